The number of benzene rings is 1. The number of hydrogen-bond donors (Lipinski definition) is 1. The molecule has 2 rings (SSSR count). The van der Waals surface area contributed by atoms with Gasteiger partial charge in [-0.05, 0) is 26.0 Å². The highest BCUT2D eigenvalue weighted by Gasteiger charge is 2.47. The van der Waals surface area contributed by atoms with Gasteiger partial charge in [-0.1, -0.05) is 18.2 Å². The van der Waals surface area contributed by atoms with E-state index < -0.39 is 23.4 Å². The molecule has 0 bridgehead atoms. The van der Waals surface area contributed by atoms with E-state index in [9.17, 15) is 14.4 Å². The minimum atomic E-state index is -1.03. The summed E-state index contributed by atoms with van der Waals surface area (Å²) in [6.45, 7) is 3.12. The molecule has 0 aliphatic carbocycles. The van der Waals surface area contributed by atoms with E-state index in [0.29, 0.717) is 10.5 Å². The number of urea groups is 1. The third-order valence-electron chi connectivity index (χ3n) is 2.58. The number of amides is 4. The van der Waals surface area contributed by atoms with Crippen LogP contribution < -0.4 is 5.32 Å². The molecule has 1 aromatic carbocycles. The standard InChI is InChI=1S/C12H12N2O3/c1-12(2)10(16)14(11(17)13-12)9(15)8-6-4-3-5-7-8/h3-7H,1-2H3,(H,13,17). The number of carbonyl (C=O) groups excluding carboxylic acids is 3. The predicted molar refractivity (Wildman–Crippen MR) is 60.2 cm³/mol. The first-order chi connectivity index (χ1) is 7.93. The van der Waals surface area contributed by atoms with E-state index in [1.807, 2.05) is 0 Å². The van der Waals surface area contributed by atoms with Crippen LogP contribution in [0.4, 0.5) is 4.79 Å². The molecule has 1 aromatic rings. The summed E-state index contributed by atoms with van der Waals surface area (Å²) in [6.07, 6.45) is 0. The van der Waals surface area contributed by atoms with E-state index in [0.717, 1.165) is 0 Å². The van der Waals surface area contributed by atoms with Crippen molar-refractivity contribution in [1.82, 2.24) is 10.2 Å². The van der Waals surface area contributed by atoms with Crippen LogP contribution in [0.1, 0.15) is 24.2 Å². The van der Waals surface area contributed by atoms with Crippen molar-refractivity contribution in [3.63, 3.8) is 0 Å². The van der Waals surface area contributed by atoms with E-state index in [2.05, 4.69) is 5.32 Å². The molecule has 1 heterocycles. The van der Waals surface area contributed by atoms with Crippen molar-refractivity contribution in [2.24, 2.45) is 0 Å². The lowest BCUT2D eigenvalue weighted by molar-refractivity contribution is -0.128. The van der Waals surface area contributed by atoms with Crippen molar-refractivity contribution in [3.8, 4) is 0 Å². The van der Waals surface area contributed by atoms with Gasteiger partial charge in [0.15, 0.2) is 0 Å². The maximum absolute atomic E-state index is 12.0. The maximum atomic E-state index is 12.0. The minimum Gasteiger partial charge on any atom is -0.323 e. The summed E-state index contributed by atoms with van der Waals surface area (Å²) in [5.74, 6) is -1.13. The Hall–Kier alpha value is -2.17. The number of carbonyl (C=O) groups is 3. The zero-order chi connectivity index (χ0) is 12.6. The normalized spacial score (nSPS) is 18.1. The molecular weight excluding hydrogens is 220 g/mol. The molecule has 0 spiro atoms. The number of rotatable bonds is 1. The van der Waals surface area contributed by atoms with Crippen LogP contribution in [0.15, 0.2) is 30.3 Å². The zero-order valence-electron chi connectivity index (χ0n) is 9.56. The van der Waals surface area contributed by atoms with Gasteiger partial charge in [-0.3, -0.25) is 9.59 Å². The molecule has 0 atom stereocenters. The maximum Gasteiger partial charge on any atom is 0.332 e. The monoisotopic (exact) mass is 232 g/mol. The Morgan fingerprint density at radius 2 is 1.76 bits per heavy atom. The molecular formula is C12H12N2O3. The van der Waals surface area contributed by atoms with Crippen LogP contribution in [-0.4, -0.2) is 28.3 Å². The molecule has 1 saturated heterocycles. The summed E-state index contributed by atoms with van der Waals surface area (Å²) in [5.41, 5.74) is -0.713. The van der Waals surface area contributed by atoms with Gasteiger partial charge in [0.1, 0.15) is 5.54 Å². The van der Waals surface area contributed by atoms with Crippen LogP contribution in [0, 0.1) is 0 Å². The predicted octanol–water partition coefficient (Wildman–Crippen LogP) is 1.16. The van der Waals surface area contributed by atoms with Gasteiger partial charge < -0.3 is 5.32 Å². The SMILES string of the molecule is CC1(C)NC(=O)N(C(=O)c2ccccc2)C1=O. The molecule has 88 valence electrons. The number of hydrogen-bond acceptors (Lipinski definition) is 3. The first-order valence-corrected chi connectivity index (χ1v) is 5.19. The van der Waals surface area contributed by atoms with E-state index in [1.54, 1.807) is 44.2 Å². The molecule has 17 heavy (non-hydrogen) atoms. The second-order valence-electron chi connectivity index (χ2n) is 4.37. The summed E-state index contributed by atoms with van der Waals surface area (Å²) in [6, 6.07) is 7.57. The van der Waals surface area contributed by atoms with Crippen molar-refractivity contribution in [2.45, 2.75) is 19.4 Å². The highest BCUT2D eigenvalue weighted by Crippen LogP contribution is 2.19. The van der Waals surface area contributed by atoms with Gasteiger partial charge >= 0.3 is 6.03 Å². The molecule has 0 radical (unpaired) electrons. The van der Waals surface area contributed by atoms with Crippen LogP contribution in [0.2, 0.25) is 0 Å². The van der Waals surface area contributed by atoms with Gasteiger partial charge in [-0.25, -0.2) is 4.79 Å². The van der Waals surface area contributed by atoms with Crippen LogP contribution in [0.5, 0.6) is 0 Å². The molecule has 1 aliphatic rings. The third kappa shape index (κ3) is 1.80. The Balaban J connectivity index is 2.34. The van der Waals surface area contributed by atoms with Gasteiger partial charge in [0.2, 0.25) is 0 Å². The van der Waals surface area contributed by atoms with Crippen molar-refractivity contribution in [3.05, 3.63) is 35.9 Å². The summed E-state index contributed by atoms with van der Waals surface area (Å²) in [5, 5.41) is 2.46. The molecule has 1 fully saturated rings. The topological polar surface area (TPSA) is 66.5 Å². The summed E-state index contributed by atoms with van der Waals surface area (Å²) < 4.78 is 0. The molecule has 5 heteroatoms. The molecule has 0 saturated carbocycles. The second-order valence-corrected chi connectivity index (χ2v) is 4.37. The lowest BCUT2D eigenvalue weighted by Gasteiger charge is -2.14. The van der Waals surface area contributed by atoms with Gasteiger partial charge in [0, 0.05) is 5.56 Å². The first-order valence-electron chi connectivity index (χ1n) is 5.19. The molecule has 1 N–H and O–H groups in total. The Bertz CT molecular complexity index is 494. The molecule has 1 aliphatic heterocycles. The smallest absolute Gasteiger partial charge is 0.323 e. The Kier molecular flexibility index (Phi) is 2.46. The first kappa shape index (κ1) is 11.3. The highest BCUT2D eigenvalue weighted by atomic mass is 16.2. The number of nitrogens with zero attached hydrogens (tertiary/aromatic N) is 1. The lowest BCUT2D eigenvalue weighted by Crippen LogP contribution is -2.41. The zero-order valence-corrected chi connectivity index (χ0v) is 9.56. The third-order valence-corrected chi connectivity index (χ3v) is 2.58. The average molecular weight is 232 g/mol. The summed E-state index contributed by atoms with van der Waals surface area (Å²) >= 11 is 0. The molecule has 4 amide bonds. The van der Waals surface area contributed by atoms with Crippen LogP contribution in [-0.2, 0) is 4.79 Å². The number of nitrogens with one attached hydrogen (secondary N) is 1. The molecule has 5 nitrogen and oxygen atoms in total. The van der Waals surface area contributed by atoms with Crippen molar-refractivity contribution >= 4 is 17.8 Å². The summed E-state index contributed by atoms with van der Waals surface area (Å²) in [7, 11) is 0. The largest absolute Gasteiger partial charge is 0.332 e. The fraction of sp³-hybridized carbons (Fsp3) is 0.250. The van der Waals surface area contributed by atoms with Gasteiger partial charge in [0.05, 0.1) is 0 Å². The van der Waals surface area contributed by atoms with Gasteiger partial charge in [0.25, 0.3) is 11.8 Å². The van der Waals surface area contributed by atoms with E-state index >= 15 is 0 Å². The highest BCUT2D eigenvalue weighted by molar-refractivity contribution is 6.21. The lowest BCUT2D eigenvalue weighted by atomic mass is 10.1. The molecule has 0 unspecified atom stereocenters. The van der Waals surface area contributed by atoms with Crippen molar-refractivity contribution in [2.75, 3.05) is 0 Å². The van der Waals surface area contributed by atoms with Crippen molar-refractivity contribution in [1.29, 1.82) is 0 Å². The van der Waals surface area contributed by atoms with Gasteiger partial charge in [-0.15, -0.1) is 0 Å². The van der Waals surface area contributed by atoms with E-state index in [-0.39, 0.29) is 0 Å². The van der Waals surface area contributed by atoms with Crippen molar-refractivity contribution < 1.29 is 14.4 Å². The fourth-order valence-corrected chi connectivity index (χ4v) is 1.64. The average Bonchev–Trinajstić information content (AvgIpc) is 2.49. The fourth-order valence-electron chi connectivity index (χ4n) is 1.64. The van der Waals surface area contributed by atoms with Crippen LogP contribution in [0.3, 0.4) is 0 Å². The second kappa shape index (κ2) is 3.69. The van der Waals surface area contributed by atoms with E-state index in [1.165, 1.54) is 0 Å². The van der Waals surface area contributed by atoms with Crippen LogP contribution in [0.25, 0.3) is 0 Å². The summed E-state index contributed by atoms with van der Waals surface area (Å²) in [4.78, 5) is 36.1. The minimum absolute atomic E-state index is 0.314. The van der Waals surface area contributed by atoms with Crippen LogP contribution >= 0.6 is 0 Å². The quantitative estimate of drug-likeness (QED) is 0.583. The Morgan fingerprint density at radius 1 is 1.18 bits per heavy atom. The molecule has 0 aromatic heterocycles. The number of imide groups is 3. The van der Waals surface area contributed by atoms with E-state index in [4.69, 9.17) is 0 Å². The Labute approximate surface area is 98.4 Å². The van der Waals surface area contributed by atoms with Gasteiger partial charge in [-0.2, -0.15) is 4.90 Å². The Morgan fingerprint density at radius 3 is 2.24 bits per heavy atom.